The van der Waals surface area contributed by atoms with Crippen molar-refractivity contribution in [3.05, 3.63) is 89.1 Å². The van der Waals surface area contributed by atoms with Gasteiger partial charge in [-0.3, -0.25) is 9.97 Å². The fraction of sp³-hybridized carbons (Fsp3) is 0.0952. The van der Waals surface area contributed by atoms with Crippen LogP contribution in [0.4, 0.5) is 17.6 Å². The second-order valence-electron chi connectivity index (χ2n) is 7.02. The second-order valence-corrected chi connectivity index (χ2v) is 7.02. The third-order valence-corrected chi connectivity index (χ3v) is 5.58. The lowest BCUT2D eigenvalue weighted by Gasteiger charge is -2.29. The largest absolute Gasteiger partial charge is 0.435 e. The van der Waals surface area contributed by atoms with Crippen molar-refractivity contribution in [1.82, 2.24) is 19.7 Å². The van der Waals surface area contributed by atoms with Crippen molar-refractivity contribution >= 4 is 0 Å². The van der Waals surface area contributed by atoms with E-state index in [2.05, 4.69) is 15.1 Å². The van der Waals surface area contributed by atoms with Gasteiger partial charge in [0.2, 0.25) is 0 Å². The summed E-state index contributed by atoms with van der Waals surface area (Å²) < 4.78 is 56.1. The van der Waals surface area contributed by atoms with Crippen LogP contribution in [0.1, 0.15) is 22.4 Å². The van der Waals surface area contributed by atoms with Crippen LogP contribution in [0.15, 0.2) is 60.9 Å². The van der Waals surface area contributed by atoms with E-state index >= 15 is 0 Å². The quantitative estimate of drug-likeness (QED) is 0.353. The normalized spacial score (nSPS) is 15.2. The number of hydrogen-bond acceptors (Lipinski definition) is 3. The monoisotopic (exact) mass is 394 g/mol. The summed E-state index contributed by atoms with van der Waals surface area (Å²) in [5.41, 5.74) is 1.39. The van der Waals surface area contributed by atoms with Crippen molar-refractivity contribution < 1.29 is 17.6 Å². The van der Waals surface area contributed by atoms with Gasteiger partial charge in [0.15, 0.2) is 5.69 Å². The summed E-state index contributed by atoms with van der Waals surface area (Å²) in [5, 5.41) is 3.95. The number of hydrogen-bond donors (Lipinski definition) is 0. The molecule has 1 aliphatic heterocycles. The molecule has 6 rings (SSSR count). The highest BCUT2D eigenvalue weighted by Gasteiger charge is 2.55. The molecule has 0 radical (unpaired) electrons. The summed E-state index contributed by atoms with van der Waals surface area (Å²) in [4.78, 5) is 8.85. The van der Waals surface area contributed by atoms with Crippen molar-refractivity contribution in [3.8, 4) is 22.6 Å². The van der Waals surface area contributed by atoms with Crippen molar-refractivity contribution in [3.63, 3.8) is 0 Å². The first kappa shape index (κ1) is 16.4. The van der Waals surface area contributed by atoms with Crippen LogP contribution in [-0.4, -0.2) is 19.7 Å². The van der Waals surface area contributed by atoms with E-state index in [-0.39, 0.29) is 5.69 Å². The van der Waals surface area contributed by atoms with E-state index in [4.69, 9.17) is 0 Å². The van der Waals surface area contributed by atoms with Gasteiger partial charge in [-0.15, -0.1) is 0 Å². The predicted octanol–water partition coefficient (Wildman–Crippen LogP) is 4.63. The van der Waals surface area contributed by atoms with Crippen molar-refractivity contribution in [2.24, 2.45) is 0 Å². The molecule has 0 unspecified atom stereocenters. The molecule has 2 aliphatic rings. The Hall–Kier alpha value is -3.55. The third-order valence-electron chi connectivity index (χ3n) is 5.58. The SMILES string of the molecule is Fc1ccc2c(c1)C1(c3cccnc3-c3ncccc31)n1nc(C(F)(F)F)cc1-2. The first-order chi connectivity index (χ1) is 13.9. The zero-order valence-corrected chi connectivity index (χ0v) is 14.6. The minimum absolute atomic E-state index is 0.277. The minimum atomic E-state index is -4.60. The lowest BCUT2D eigenvalue weighted by molar-refractivity contribution is -0.141. The van der Waals surface area contributed by atoms with E-state index in [1.54, 1.807) is 36.7 Å². The van der Waals surface area contributed by atoms with Crippen molar-refractivity contribution in [2.45, 2.75) is 11.7 Å². The van der Waals surface area contributed by atoms with Gasteiger partial charge in [-0.2, -0.15) is 18.3 Å². The number of benzene rings is 1. The smallest absolute Gasteiger partial charge is 0.254 e. The van der Waals surface area contributed by atoms with Gasteiger partial charge in [0.1, 0.15) is 11.4 Å². The van der Waals surface area contributed by atoms with Gasteiger partial charge in [-0.25, -0.2) is 9.07 Å². The molecule has 0 saturated carbocycles. The molecule has 29 heavy (non-hydrogen) atoms. The van der Waals surface area contributed by atoms with Crippen LogP contribution < -0.4 is 0 Å². The maximum atomic E-state index is 14.3. The second kappa shape index (κ2) is 5.08. The highest BCUT2D eigenvalue weighted by atomic mass is 19.4. The maximum Gasteiger partial charge on any atom is 0.435 e. The van der Waals surface area contributed by atoms with Gasteiger partial charge in [0.05, 0.1) is 17.1 Å². The van der Waals surface area contributed by atoms with Gasteiger partial charge in [0.25, 0.3) is 0 Å². The number of alkyl halides is 3. The molecule has 0 saturated heterocycles. The topological polar surface area (TPSA) is 43.6 Å². The maximum absolute atomic E-state index is 14.3. The Morgan fingerprint density at radius 1 is 0.828 bits per heavy atom. The Balaban J connectivity index is 1.82. The van der Waals surface area contributed by atoms with Crippen LogP contribution in [0.3, 0.4) is 0 Å². The molecule has 8 heteroatoms. The number of pyridine rings is 2. The summed E-state index contributed by atoms with van der Waals surface area (Å²) in [6.45, 7) is 0. The Bertz CT molecular complexity index is 1280. The van der Waals surface area contributed by atoms with Gasteiger partial charge >= 0.3 is 6.18 Å². The molecule has 3 aromatic heterocycles. The van der Waals surface area contributed by atoms with Crippen LogP contribution in [0.5, 0.6) is 0 Å². The number of nitrogens with zero attached hydrogens (tertiary/aromatic N) is 4. The van der Waals surface area contributed by atoms with Crippen LogP contribution in [0, 0.1) is 5.82 Å². The Labute approximate surface area is 161 Å². The highest BCUT2D eigenvalue weighted by Crippen LogP contribution is 2.58. The van der Waals surface area contributed by atoms with E-state index in [9.17, 15) is 17.6 Å². The minimum Gasteiger partial charge on any atom is -0.254 e. The fourth-order valence-corrected chi connectivity index (χ4v) is 4.56. The van der Waals surface area contributed by atoms with Crippen molar-refractivity contribution in [2.75, 3.05) is 0 Å². The molecule has 1 spiro atoms. The average molecular weight is 394 g/mol. The first-order valence-electron chi connectivity index (χ1n) is 8.82. The van der Waals surface area contributed by atoms with Crippen LogP contribution in [0.25, 0.3) is 22.6 Å². The summed E-state index contributed by atoms with van der Waals surface area (Å²) in [6.07, 6.45) is -1.40. The molecule has 1 aromatic carbocycles. The molecule has 0 amide bonds. The highest BCUT2D eigenvalue weighted by molar-refractivity contribution is 5.85. The fourth-order valence-electron chi connectivity index (χ4n) is 4.56. The van der Waals surface area contributed by atoms with Gasteiger partial charge < -0.3 is 0 Å². The van der Waals surface area contributed by atoms with E-state index in [0.717, 1.165) is 6.07 Å². The molecule has 142 valence electrons. The van der Waals surface area contributed by atoms with Crippen LogP contribution >= 0.6 is 0 Å². The standard InChI is InChI=1S/C21H10F4N4/c22-11-5-6-12-15(9-11)20(29-16(12)10-17(28-29)21(23,24)25)13-3-1-7-26-18(13)19-14(20)4-2-8-27-19/h1-10H. The molecule has 1 aliphatic carbocycles. The Morgan fingerprint density at radius 2 is 1.48 bits per heavy atom. The van der Waals surface area contributed by atoms with Crippen LogP contribution in [0.2, 0.25) is 0 Å². The third kappa shape index (κ3) is 1.86. The molecule has 0 atom stereocenters. The molecular formula is C21H10F4N4. The number of aromatic nitrogens is 4. The zero-order chi connectivity index (χ0) is 20.0. The van der Waals surface area contributed by atoms with Crippen LogP contribution in [-0.2, 0) is 11.7 Å². The van der Waals surface area contributed by atoms with E-state index in [0.29, 0.717) is 33.6 Å². The first-order valence-corrected chi connectivity index (χ1v) is 8.82. The number of fused-ring (bicyclic) bond motifs is 10. The van der Waals surface area contributed by atoms with Gasteiger partial charge in [-0.1, -0.05) is 12.1 Å². The van der Waals surface area contributed by atoms with Crippen molar-refractivity contribution in [1.29, 1.82) is 0 Å². The lowest BCUT2D eigenvalue weighted by Crippen LogP contribution is -2.34. The molecule has 0 fully saturated rings. The lowest BCUT2D eigenvalue weighted by atomic mass is 9.81. The Kier molecular flexibility index (Phi) is 2.87. The molecule has 0 N–H and O–H groups in total. The summed E-state index contributed by atoms with van der Waals surface area (Å²) in [5.74, 6) is -0.479. The molecule has 4 aromatic rings. The van der Waals surface area contributed by atoms with E-state index in [1.165, 1.54) is 22.9 Å². The molecule has 4 nitrogen and oxygen atoms in total. The molecule has 4 heterocycles. The molecule has 0 bridgehead atoms. The van der Waals surface area contributed by atoms with E-state index in [1.807, 2.05) is 0 Å². The van der Waals surface area contributed by atoms with Gasteiger partial charge in [0, 0.05) is 34.6 Å². The number of halogens is 4. The van der Waals surface area contributed by atoms with E-state index < -0.39 is 23.2 Å². The predicted molar refractivity (Wildman–Crippen MR) is 95.4 cm³/mol. The summed E-state index contributed by atoms with van der Waals surface area (Å²) in [6, 6.07) is 12.1. The average Bonchev–Trinajstić information content (AvgIpc) is 3.33. The molecular weight excluding hydrogens is 384 g/mol. The Morgan fingerprint density at radius 3 is 2.10 bits per heavy atom. The number of rotatable bonds is 0. The summed E-state index contributed by atoms with van der Waals surface area (Å²) in [7, 11) is 0. The zero-order valence-electron chi connectivity index (χ0n) is 14.6. The van der Waals surface area contributed by atoms with Gasteiger partial charge in [-0.05, 0) is 36.4 Å². The summed E-state index contributed by atoms with van der Waals surface area (Å²) >= 11 is 0.